The Bertz CT molecular complexity index is 741. The van der Waals surface area contributed by atoms with Crippen LogP contribution in [-0.4, -0.2) is 9.49 Å². The number of rotatable bonds is 3. The maximum absolute atomic E-state index is 11.9. The molecule has 2 aromatic rings. The first kappa shape index (κ1) is 14.6. The lowest BCUT2D eigenvalue weighted by Crippen LogP contribution is -2.22. The van der Waals surface area contributed by atoms with E-state index in [-0.39, 0.29) is 17.8 Å². The molecule has 0 saturated carbocycles. The van der Waals surface area contributed by atoms with Crippen molar-refractivity contribution >= 4 is 28.9 Å². The van der Waals surface area contributed by atoms with Gasteiger partial charge in [0.25, 0.3) is 11.2 Å². The fourth-order valence-electron chi connectivity index (χ4n) is 1.87. The Balaban J connectivity index is 2.47. The van der Waals surface area contributed by atoms with E-state index in [0.717, 1.165) is 5.56 Å². The van der Waals surface area contributed by atoms with Crippen LogP contribution in [0.2, 0.25) is 10.0 Å². The van der Waals surface area contributed by atoms with E-state index in [0.29, 0.717) is 15.7 Å². The zero-order valence-corrected chi connectivity index (χ0v) is 12.0. The Kier molecular flexibility index (Phi) is 4.11. The van der Waals surface area contributed by atoms with E-state index in [4.69, 9.17) is 23.2 Å². The van der Waals surface area contributed by atoms with Gasteiger partial charge >= 0.3 is 0 Å². The molecule has 0 unspecified atom stereocenters. The Labute approximate surface area is 124 Å². The summed E-state index contributed by atoms with van der Waals surface area (Å²) in [6.45, 7) is 1.74. The maximum atomic E-state index is 11.9. The second-order valence-electron chi connectivity index (χ2n) is 4.23. The fraction of sp³-hybridized carbons (Fsp3) is 0.154. The number of hydrogen-bond donors (Lipinski definition) is 0. The van der Waals surface area contributed by atoms with E-state index in [1.807, 2.05) is 0 Å². The van der Waals surface area contributed by atoms with Gasteiger partial charge in [-0.2, -0.15) is 0 Å². The third-order valence-electron chi connectivity index (χ3n) is 2.95. The van der Waals surface area contributed by atoms with Gasteiger partial charge in [-0.05, 0) is 24.6 Å². The normalized spacial score (nSPS) is 10.6. The molecule has 20 heavy (non-hydrogen) atoms. The highest BCUT2D eigenvalue weighted by molar-refractivity contribution is 6.42. The molecule has 7 heteroatoms. The molecule has 0 atom stereocenters. The van der Waals surface area contributed by atoms with Crippen molar-refractivity contribution in [1.29, 1.82) is 0 Å². The zero-order chi connectivity index (χ0) is 14.9. The lowest BCUT2D eigenvalue weighted by Gasteiger charge is -2.10. The molecule has 1 aromatic carbocycles. The average molecular weight is 313 g/mol. The number of pyridine rings is 1. The third kappa shape index (κ3) is 2.84. The van der Waals surface area contributed by atoms with Crippen molar-refractivity contribution in [1.82, 2.24) is 4.57 Å². The van der Waals surface area contributed by atoms with Crippen LogP contribution in [0.5, 0.6) is 0 Å². The van der Waals surface area contributed by atoms with Gasteiger partial charge in [0.05, 0.1) is 27.2 Å². The minimum absolute atomic E-state index is 0.0929. The molecular weight excluding hydrogens is 303 g/mol. The summed E-state index contributed by atoms with van der Waals surface area (Å²) in [6.07, 6.45) is 0. The van der Waals surface area contributed by atoms with Crippen molar-refractivity contribution in [3.63, 3.8) is 0 Å². The Morgan fingerprint density at radius 3 is 2.50 bits per heavy atom. The quantitative estimate of drug-likeness (QED) is 0.644. The van der Waals surface area contributed by atoms with Crippen molar-refractivity contribution in [3.05, 3.63) is 72.1 Å². The van der Waals surface area contributed by atoms with Gasteiger partial charge in [-0.1, -0.05) is 29.3 Å². The predicted octanol–water partition coefficient (Wildman–Crippen LogP) is 3.42. The molecule has 0 fully saturated rings. The van der Waals surface area contributed by atoms with E-state index < -0.39 is 4.92 Å². The highest BCUT2D eigenvalue weighted by Gasteiger charge is 2.15. The summed E-state index contributed by atoms with van der Waals surface area (Å²) < 4.78 is 1.33. The first-order valence-corrected chi connectivity index (χ1v) is 6.44. The van der Waals surface area contributed by atoms with Gasteiger partial charge in [0.15, 0.2) is 0 Å². The van der Waals surface area contributed by atoms with Crippen molar-refractivity contribution in [2.75, 3.05) is 0 Å². The van der Waals surface area contributed by atoms with Crippen LogP contribution in [0.4, 0.5) is 5.69 Å². The standard InChI is InChI=1S/C13H10Cl2N2O3/c1-8-12(17(19)20)4-5-13(18)16(8)7-9-2-3-10(14)11(15)6-9/h2-6H,7H2,1H3. The molecule has 0 aliphatic heterocycles. The molecule has 1 heterocycles. The maximum Gasteiger partial charge on any atom is 0.288 e. The van der Waals surface area contributed by atoms with Gasteiger partial charge in [-0.3, -0.25) is 14.9 Å². The molecule has 0 amide bonds. The number of benzene rings is 1. The van der Waals surface area contributed by atoms with E-state index in [2.05, 4.69) is 0 Å². The summed E-state index contributed by atoms with van der Waals surface area (Å²) in [5.41, 5.74) is 0.641. The number of halogens is 2. The zero-order valence-electron chi connectivity index (χ0n) is 10.5. The lowest BCUT2D eigenvalue weighted by atomic mass is 10.2. The Morgan fingerprint density at radius 2 is 1.90 bits per heavy atom. The van der Waals surface area contributed by atoms with Gasteiger partial charge < -0.3 is 4.57 Å². The molecule has 0 aliphatic rings. The first-order chi connectivity index (χ1) is 9.40. The monoisotopic (exact) mass is 312 g/mol. The van der Waals surface area contributed by atoms with Crippen LogP contribution < -0.4 is 5.56 Å². The average Bonchev–Trinajstić information content (AvgIpc) is 2.38. The Hall–Kier alpha value is -1.85. The van der Waals surface area contributed by atoms with Crippen LogP contribution in [0.1, 0.15) is 11.3 Å². The molecule has 0 radical (unpaired) electrons. The summed E-state index contributed by atoms with van der Waals surface area (Å²) in [7, 11) is 0. The van der Waals surface area contributed by atoms with Crippen molar-refractivity contribution < 1.29 is 4.92 Å². The minimum atomic E-state index is -0.514. The van der Waals surface area contributed by atoms with Crippen LogP contribution in [0, 0.1) is 17.0 Å². The van der Waals surface area contributed by atoms with E-state index in [1.165, 1.54) is 23.6 Å². The smallest absolute Gasteiger partial charge is 0.288 e. The molecule has 0 bridgehead atoms. The second kappa shape index (κ2) is 5.64. The van der Waals surface area contributed by atoms with E-state index >= 15 is 0 Å². The minimum Gasteiger partial charge on any atom is -0.302 e. The van der Waals surface area contributed by atoms with Crippen LogP contribution in [0.3, 0.4) is 0 Å². The van der Waals surface area contributed by atoms with Gasteiger partial charge in [0.1, 0.15) is 0 Å². The van der Waals surface area contributed by atoms with Gasteiger partial charge in [-0.15, -0.1) is 0 Å². The molecule has 2 rings (SSSR count). The van der Waals surface area contributed by atoms with Crippen molar-refractivity contribution in [2.24, 2.45) is 0 Å². The fourth-order valence-corrected chi connectivity index (χ4v) is 2.20. The van der Waals surface area contributed by atoms with Crippen LogP contribution in [-0.2, 0) is 6.54 Å². The third-order valence-corrected chi connectivity index (χ3v) is 3.69. The van der Waals surface area contributed by atoms with Crippen molar-refractivity contribution in [2.45, 2.75) is 13.5 Å². The summed E-state index contributed by atoms with van der Waals surface area (Å²) in [5, 5.41) is 11.7. The van der Waals surface area contributed by atoms with E-state index in [9.17, 15) is 14.9 Å². The molecule has 5 nitrogen and oxygen atoms in total. The summed E-state index contributed by atoms with van der Waals surface area (Å²) in [5.74, 6) is 0. The number of nitro groups is 1. The lowest BCUT2D eigenvalue weighted by molar-refractivity contribution is -0.386. The summed E-state index contributed by atoms with van der Waals surface area (Å²) >= 11 is 11.7. The molecule has 104 valence electrons. The number of hydrogen-bond acceptors (Lipinski definition) is 3. The number of aromatic nitrogens is 1. The first-order valence-electron chi connectivity index (χ1n) is 5.69. The highest BCUT2D eigenvalue weighted by atomic mass is 35.5. The topological polar surface area (TPSA) is 65.1 Å². The largest absolute Gasteiger partial charge is 0.302 e. The summed E-state index contributed by atoms with van der Waals surface area (Å²) in [4.78, 5) is 22.2. The van der Waals surface area contributed by atoms with Gasteiger partial charge in [0, 0.05) is 12.1 Å². The second-order valence-corrected chi connectivity index (χ2v) is 5.05. The van der Waals surface area contributed by atoms with Gasteiger partial charge in [-0.25, -0.2) is 0 Å². The predicted molar refractivity (Wildman–Crippen MR) is 77.7 cm³/mol. The van der Waals surface area contributed by atoms with Crippen LogP contribution in [0.15, 0.2) is 35.1 Å². The van der Waals surface area contributed by atoms with Crippen molar-refractivity contribution in [3.8, 4) is 0 Å². The Morgan fingerprint density at radius 1 is 1.20 bits per heavy atom. The number of nitrogens with zero attached hydrogens (tertiary/aromatic N) is 2. The van der Waals surface area contributed by atoms with Gasteiger partial charge in [0.2, 0.25) is 0 Å². The molecule has 0 aliphatic carbocycles. The molecule has 0 saturated heterocycles. The summed E-state index contributed by atoms with van der Waals surface area (Å²) in [6, 6.07) is 7.37. The van der Waals surface area contributed by atoms with Crippen LogP contribution in [0.25, 0.3) is 0 Å². The molecular formula is C13H10Cl2N2O3. The molecule has 0 spiro atoms. The van der Waals surface area contributed by atoms with Crippen LogP contribution >= 0.6 is 23.2 Å². The molecule has 0 N–H and O–H groups in total. The van der Waals surface area contributed by atoms with E-state index in [1.54, 1.807) is 18.2 Å². The molecule has 1 aromatic heterocycles. The SMILES string of the molecule is Cc1c([N+](=O)[O-])ccc(=O)n1Cc1ccc(Cl)c(Cl)c1. The highest BCUT2D eigenvalue weighted by Crippen LogP contribution is 2.23.